The lowest BCUT2D eigenvalue weighted by Gasteiger charge is -2.21. The van der Waals surface area contributed by atoms with Crippen molar-refractivity contribution in [3.05, 3.63) is 53.1 Å². The zero-order valence-corrected chi connectivity index (χ0v) is 12.4. The van der Waals surface area contributed by atoms with E-state index in [2.05, 4.69) is 17.3 Å². The Morgan fingerprint density at radius 3 is 2.80 bits per heavy atom. The third-order valence-corrected chi connectivity index (χ3v) is 3.35. The van der Waals surface area contributed by atoms with E-state index >= 15 is 0 Å². The molecule has 0 amide bonds. The van der Waals surface area contributed by atoms with Gasteiger partial charge >= 0.3 is 0 Å². The first-order valence-electron chi connectivity index (χ1n) is 7.18. The van der Waals surface area contributed by atoms with E-state index in [4.69, 9.17) is 0 Å². The van der Waals surface area contributed by atoms with Gasteiger partial charge in [0.25, 0.3) is 0 Å². The molecular formula is C16H22FN3. The Morgan fingerprint density at radius 2 is 2.10 bits per heavy atom. The molecule has 0 saturated heterocycles. The third kappa shape index (κ3) is 3.07. The third-order valence-electron chi connectivity index (χ3n) is 3.35. The van der Waals surface area contributed by atoms with Gasteiger partial charge in [0.1, 0.15) is 5.82 Å². The minimum Gasteiger partial charge on any atom is -0.305 e. The van der Waals surface area contributed by atoms with Gasteiger partial charge in [0.05, 0.1) is 11.7 Å². The first-order valence-corrected chi connectivity index (χ1v) is 7.18. The zero-order chi connectivity index (χ0) is 14.5. The van der Waals surface area contributed by atoms with Crippen molar-refractivity contribution in [2.75, 3.05) is 6.54 Å². The minimum atomic E-state index is -0.175. The molecule has 2 aromatic rings. The quantitative estimate of drug-likeness (QED) is 0.875. The maximum Gasteiger partial charge on any atom is 0.128 e. The van der Waals surface area contributed by atoms with Crippen molar-refractivity contribution < 1.29 is 4.39 Å². The summed E-state index contributed by atoms with van der Waals surface area (Å²) in [6, 6.07) is 7.05. The van der Waals surface area contributed by atoms with Gasteiger partial charge < -0.3 is 5.32 Å². The van der Waals surface area contributed by atoms with Crippen LogP contribution in [0.1, 0.15) is 43.1 Å². The summed E-state index contributed by atoms with van der Waals surface area (Å²) in [5.74, 6) is -0.175. The number of nitrogens with zero attached hydrogens (tertiary/aromatic N) is 2. The molecule has 1 aromatic carbocycles. The number of nitrogens with one attached hydrogen (secondary N) is 1. The predicted molar refractivity (Wildman–Crippen MR) is 79.2 cm³/mol. The van der Waals surface area contributed by atoms with Crippen LogP contribution in [0, 0.1) is 12.7 Å². The van der Waals surface area contributed by atoms with Crippen molar-refractivity contribution in [1.29, 1.82) is 0 Å². The van der Waals surface area contributed by atoms with Crippen molar-refractivity contribution in [2.45, 2.75) is 39.8 Å². The van der Waals surface area contributed by atoms with Crippen LogP contribution in [0.15, 0.2) is 30.5 Å². The number of hydrogen-bond donors (Lipinski definition) is 1. The average molecular weight is 275 g/mol. The van der Waals surface area contributed by atoms with Crippen molar-refractivity contribution >= 4 is 0 Å². The van der Waals surface area contributed by atoms with Gasteiger partial charge in [-0.1, -0.05) is 31.5 Å². The molecule has 1 unspecified atom stereocenters. The van der Waals surface area contributed by atoms with Crippen LogP contribution in [0.2, 0.25) is 0 Å². The molecule has 0 radical (unpaired) electrons. The predicted octanol–water partition coefficient (Wildman–Crippen LogP) is 3.44. The molecule has 108 valence electrons. The Morgan fingerprint density at radius 1 is 1.30 bits per heavy atom. The molecule has 2 rings (SSSR count). The maximum atomic E-state index is 14.2. The lowest BCUT2D eigenvalue weighted by Crippen LogP contribution is -2.26. The van der Waals surface area contributed by atoms with Gasteiger partial charge in [-0.05, 0) is 32.0 Å². The molecule has 1 N–H and O–H groups in total. The van der Waals surface area contributed by atoms with Crippen molar-refractivity contribution in [3.8, 4) is 0 Å². The van der Waals surface area contributed by atoms with E-state index in [1.807, 2.05) is 30.7 Å². The summed E-state index contributed by atoms with van der Waals surface area (Å²) < 4.78 is 16.1. The zero-order valence-electron chi connectivity index (χ0n) is 12.4. The summed E-state index contributed by atoms with van der Waals surface area (Å²) in [7, 11) is 0. The summed E-state index contributed by atoms with van der Waals surface area (Å²) in [5.41, 5.74) is 2.76. The molecule has 1 heterocycles. The molecule has 3 nitrogen and oxygen atoms in total. The highest BCUT2D eigenvalue weighted by Crippen LogP contribution is 2.25. The molecule has 1 aromatic heterocycles. The van der Waals surface area contributed by atoms with E-state index in [9.17, 15) is 4.39 Å². The van der Waals surface area contributed by atoms with Crippen LogP contribution in [0.5, 0.6) is 0 Å². The van der Waals surface area contributed by atoms with E-state index in [-0.39, 0.29) is 11.9 Å². The van der Waals surface area contributed by atoms with E-state index in [1.54, 1.807) is 12.3 Å². The Bertz CT molecular complexity index is 563. The highest BCUT2D eigenvalue weighted by molar-refractivity contribution is 5.32. The SMILES string of the molecule is CCCn1nccc1C(NCC)c1cc(C)ccc1F. The van der Waals surface area contributed by atoms with E-state index < -0.39 is 0 Å². The second kappa shape index (κ2) is 6.66. The Kier molecular flexibility index (Phi) is 4.90. The summed E-state index contributed by atoms with van der Waals surface area (Å²) in [4.78, 5) is 0. The molecular weight excluding hydrogens is 253 g/mol. The minimum absolute atomic E-state index is 0.158. The number of benzene rings is 1. The standard InChI is InChI=1S/C16H22FN3/c1-4-10-20-15(8-9-19-20)16(18-5-2)13-11-12(3)6-7-14(13)17/h6-9,11,16,18H,4-5,10H2,1-3H3. The Hall–Kier alpha value is -1.68. The van der Waals surface area contributed by atoms with Gasteiger partial charge in [-0.3, -0.25) is 4.68 Å². The van der Waals surface area contributed by atoms with Gasteiger partial charge in [0.2, 0.25) is 0 Å². The fourth-order valence-electron chi connectivity index (χ4n) is 2.45. The lowest BCUT2D eigenvalue weighted by molar-refractivity contribution is 0.501. The summed E-state index contributed by atoms with van der Waals surface area (Å²) in [6.45, 7) is 7.74. The van der Waals surface area contributed by atoms with E-state index in [0.717, 1.165) is 30.8 Å². The molecule has 20 heavy (non-hydrogen) atoms. The maximum absolute atomic E-state index is 14.2. The highest BCUT2D eigenvalue weighted by atomic mass is 19.1. The highest BCUT2D eigenvalue weighted by Gasteiger charge is 2.20. The molecule has 0 aliphatic rings. The summed E-state index contributed by atoms with van der Waals surface area (Å²) in [5, 5.41) is 7.71. The van der Waals surface area contributed by atoms with Crippen LogP contribution in [0.3, 0.4) is 0 Å². The van der Waals surface area contributed by atoms with Crippen molar-refractivity contribution in [3.63, 3.8) is 0 Å². The van der Waals surface area contributed by atoms with Crippen molar-refractivity contribution in [1.82, 2.24) is 15.1 Å². The van der Waals surface area contributed by atoms with Gasteiger partial charge in [0, 0.05) is 18.3 Å². The molecule has 4 heteroatoms. The second-order valence-electron chi connectivity index (χ2n) is 4.99. The average Bonchev–Trinajstić information content (AvgIpc) is 2.88. The molecule has 0 spiro atoms. The van der Waals surface area contributed by atoms with Crippen molar-refractivity contribution in [2.24, 2.45) is 0 Å². The van der Waals surface area contributed by atoms with Crippen LogP contribution in [-0.2, 0) is 6.54 Å². The summed E-state index contributed by atoms with van der Waals surface area (Å²) >= 11 is 0. The van der Waals surface area contributed by atoms with Crippen LogP contribution in [0.25, 0.3) is 0 Å². The van der Waals surface area contributed by atoms with Crippen LogP contribution in [-0.4, -0.2) is 16.3 Å². The van der Waals surface area contributed by atoms with E-state index in [0.29, 0.717) is 5.56 Å². The fraction of sp³-hybridized carbons (Fsp3) is 0.438. The topological polar surface area (TPSA) is 29.9 Å². The monoisotopic (exact) mass is 275 g/mol. The number of halogens is 1. The molecule has 0 bridgehead atoms. The number of aromatic nitrogens is 2. The molecule has 1 atom stereocenters. The van der Waals surface area contributed by atoms with Crippen LogP contribution < -0.4 is 5.32 Å². The first-order chi connectivity index (χ1) is 9.67. The van der Waals surface area contributed by atoms with Gasteiger partial charge in [-0.2, -0.15) is 5.10 Å². The molecule has 0 aliphatic carbocycles. The fourth-order valence-corrected chi connectivity index (χ4v) is 2.45. The molecule has 0 fully saturated rings. The number of aryl methyl sites for hydroxylation is 2. The van der Waals surface area contributed by atoms with Gasteiger partial charge in [-0.15, -0.1) is 0 Å². The molecule has 0 aliphatic heterocycles. The van der Waals surface area contributed by atoms with Crippen LogP contribution >= 0.6 is 0 Å². The van der Waals surface area contributed by atoms with Crippen LogP contribution in [0.4, 0.5) is 4.39 Å². The number of hydrogen-bond acceptors (Lipinski definition) is 2. The largest absolute Gasteiger partial charge is 0.305 e. The smallest absolute Gasteiger partial charge is 0.128 e. The Balaban J connectivity index is 2.44. The Labute approximate surface area is 119 Å². The van der Waals surface area contributed by atoms with Gasteiger partial charge in [0.15, 0.2) is 0 Å². The number of rotatable bonds is 6. The van der Waals surface area contributed by atoms with E-state index in [1.165, 1.54) is 6.07 Å². The second-order valence-corrected chi connectivity index (χ2v) is 4.99. The molecule has 0 saturated carbocycles. The first kappa shape index (κ1) is 14.7. The lowest BCUT2D eigenvalue weighted by atomic mass is 10.0. The van der Waals surface area contributed by atoms with Gasteiger partial charge in [-0.25, -0.2) is 4.39 Å². The normalized spacial score (nSPS) is 12.6. The summed E-state index contributed by atoms with van der Waals surface area (Å²) in [6.07, 6.45) is 2.78.